The van der Waals surface area contributed by atoms with E-state index in [-0.39, 0.29) is 12.5 Å². The van der Waals surface area contributed by atoms with E-state index >= 15 is 0 Å². The van der Waals surface area contributed by atoms with Gasteiger partial charge in [0.15, 0.2) is 0 Å². The Balaban J connectivity index is 2.82. The molecule has 70 valence electrons. The molecule has 0 aliphatic rings. The summed E-state index contributed by atoms with van der Waals surface area (Å²) in [5, 5.41) is 0. The van der Waals surface area contributed by atoms with E-state index in [0.717, 1.165) is 9.39 Å². The fourth-order valence-electron chi connectivity index (χ4n) is 0.896. The lowest BCUT2D eigenvalue weighted by atomic mass is 10.5. The van der Waals surface area contributed by atoms with Crippen LogP contribution in [0.25, 0.3) is 0 Å². The van der Waals surface area contributed by atoms with Crippen molar-refractivity contribution in [2.75, 3.05) is 18.5 Å². The molecule has 0 bridgehead atoms. The zero-order valence-corrected chi connectivity index (χ0v) is 9.22. The number of carbonyl (C=O) groups is 1. The number of likely N-dealkylation sites (N-methyl/N-ethyl adjacent to an activating group) is 1. The zero-order valence-electron chi connectivity index (χ0n) is 7.07. The molecule has 0 aromatic carbocycles. The lowest BCUT2D eigenvalue weighted by Gasteiger charge is -2.16. The predicted molar refractivity (Wildman–Crippen MR) is 57.2 cm³/mol. The number of halogens is 1. The molecule has 13 heavy (non-hydrogen) atoms. The van der Waals surface area contributed by atoms with Crippen molar-refractivity contribution < 1.29 is 4.79 Å². The monoisotopic (exact) mass is 292 g/mol. The van der Waals surface area contributed by atoms with Crippen LogP contribution in [0.2, 0.25) is 0 Å². The maximum atomic E-state index is 10.6. The molecule has 0 fully saturated rings. The molecule has 0 saturated carbocycles. The molecule has 1 aromatic rings. The van der Waals surface area contributed by atoms with Crippen LogP contribution < -0.4 is 10.6 Å². The van der Waals surface area contributed by atoms with Gasteiger partial charge >= 0.3 is 0 Å². The van der Waals surface area contributed by atoms with Gasteiger partial charge in [-0.15, -0.1) is 0 Å². The quantitative estimate of drug-likeness (QED) is 0.796. The van der Waals surface area contributed by atoms with Gasteiger partial charge in [0.25, 0.3) is 0 Å². The van der Waals surface area contributed by atoms with E-state index in [4.69, 9.17) is 5.73 Å². The molecule has 0 radical (unpaired) electrons. The minimum absolute atomic E-state index is 0.160. The second-order valence-corrected chi connectivity index (χ2v) is 3.68. The van der Waals surface area contributed by atoms with E-state index in [2.05, 4.69) is 32.6 Å². The molecule has 1 aromatic heterocycles. The van der Waals surface area contributed by atoms with Crippen LogP contribution in [0.3, 0.4) is 0 Å². The van der Waals surface area contributed by atoms with Crippen molar-refractivity contribution in [3.8, 4) is 0 Å². The molecule has 6 heteroatoms. The zero-order chi connectivity index (χ0) is 9.84. The molecule has 0 aliphatic heterocycles. The van der Waals surface area contributed by atoms with E-state index in [1.54, 1.807) is 18.1 Å². The van der Waals surface area contributed by atoms with Crippen molar-refractivity contribution >= 4 is 34.3 Å². The molecular formula is C7H9IN4O. The average molecular weight is 292 g/mol. The molecule has 5 nitrogen and oxygen atoms in total. The van der Waals surface area contributed by atoms with Gasteiger partial charge in [-0.05, 0) is 22.6 Å². The lowest BCUT2D eigenvalue weighted by Crippen LogP contribution is -2.31. The number of nitrogens with zero attached hydrogens (tertiary/aromatic N) is 3. The summed E-state index contributed by atoms with van der Waals surface area (Å²) in [4.78, 5) is 20.2. The third-order valence-electron chi connectivity index (χ3n) is 1.40. The number of hydrogen-bond acceptors (Lipinski definition) is 4. The number of hydrogen-bond donors (Lipinski definition) is 1. The van der Waals surface area contributed by atoms with Crippen molar-refractivity contribution in [1.82, 2.24) is 9.97 Å². The first-order valence-corrected chi connectivity index (χ1v) is 4.64. The molecule has 0 unspecified atom stereocenters. The molecule has 0 spiro atoms. The van der Waals surface area contributed by atoms with E-state index in [0.29, 0.717) is 0 Å². The Morgan fingerprint density at radius 3 is 3.00 bits per heavy atom. The normalized spacial score (nSPS) is 9.69. The van der Waals surface area contributed by atoms with Gasteiger partial charge < -0.3 is 10.6 Å². The fraction of sp³-hybridized carbons (Fsp3) is 0.286. The maximum absolute atomic E-state index is 10.6. The Hall–Kier alpha value is -0.920. The first-order valence-electron chi connectivity index (χ1n) is 3.56. The molecule has 1 heterocycles. The van der Waals surface area contributed by atoms with Gasteiger partial charge in [0.1, 0.15) is 12.1 Å². The second-order valence-electron chi connectivity index (χ2n) is 2.52. The van der Waals surface area contributed by atoms with Crippen LogP contribution >= 0.6 is 22.6 Å². The Kier molecular flexibility index (Phi) is 3.40. The summed E-state index contributed by atoms with van der Waals surface area (Å²) in [5.41, 5.74) is 5.05. The highest BCUT2D eigenvalue weighted by Gasteiger charge is 2.08. The fourth-order valence-corrected chi connectivity index (χ4v) is 1.61. The van der Waals surface area contributed by atoms with Gasteiger partial charge in [-0.25, -0.2) is 9.97 Å². The highest BCUT2D eigenvalue weighted by molar-refractivity contribution is 14.1. The summed E-state index contributed by atoms with van der Waals surface area (Å²) in [6.07, 6.45) is 3.12. The van der Waals surface area contributed by atoms with Crippen LogP contribution in [0.5, 0.6) is 0 Å². The van der Waals surface area contributed by atoms with Crippen molar-refractivity contribution in [2.45, 2.75) is 0 Å². The lowest BCUT2D eigenvalue weighted by molar-refractivity contribution is -0.116. The smallest absolute Gasteiger partial charge is 0.236 e. The van der Waals surface area contributed by atoms with Crippen LogP contribution in [0.15, 0.2) is 12.5 Å². The number of amides is 1. The number of primary amides is 1. The van der Waals surface area contributed by atoms with Crippen molar-refractivity contribution in [3.05, 3.63) is 16.1 Å². The number of aromatic nitrogens is 2. The van der Waals surface area contributed by atoms with Crippen LogP contribution in [-0.2, 0) is 4.79 Å². The summed E-state index contributed by atoms with van der Waals surface area (Å²) >= 11 is 2.10. The SMILES string of the molecule is CN(CC(N)=O)c1ncncc1I. The Labute approximate surface area is 89.5 Å². The number of nitrogens with two attached hydrogens (primary N) is 1. The Morgan fingerprint density at radius 1 is 1.77 bits per heavy atom. The number of anilines is 1. The summed E-state index contributed by atoms with van der Waals surface area (Å²) < 4.78 is 0.892. The standard InChI is InChI=1S/C7H9IN4O/c1-12(3-6(9)13)7-5(8)2-10-4-11-7/h2,4H,3H2,1H3,(H2,9,13). The van der Waals surface area contributed by atoms with Crippen molar-refractivity contribution in [1.29, 1.82) is 0 Å². The summed E-state index contributed by atoms with van der Waals surface area (Å²) in [6, 6.07) is 0. The number of rotatable bonds is 3. The summed E-state index contributed by atoms with van der Waals surface area (Å²) in [5.74, 6) is 0.339. The molecule has 0 aliphatic carbocycles. The van der Waals surface area contributed by atoms with Gasteiger partial charge in [0, 0.05) is 13.2 Å². The average Bonchev–Trinajstić information content (AvgIpc) is 2.03. The Bertz CT molecular complexity index is 317. The predicted octanol–water partition coefficient (Wildman–Crippen LogP) is 0.00270. The van der Waals surface area contributed by atoms with Crippen LogP contribution in [-0.4, -0.2) is 29.5 Å². The topological polar surface area (TPSA) is 72.1 Å². The third kappa shape index (κ3) is 2.79. The van der Waals surface area contributed by atoms with E-state index < -0.39 is 0 Å². The van der Waals surface area contributed by atoms with Crippen LogP contribution in [0.4, 0.5) is 5.82 Å². The summed E-state index contributed by atoms with van der Waals surface area (Å²) in [7, 11) is 1.76. The maximum Gasteiger partial charge on any atom is 0.236 e. The van der Waals surface area contributed by atoms with Gasteiger partial charge in [0.2, 0.25) is 5.91 Å². The van der Waals surface area contributed by atoms with Crippen LogP contribution in [0.1, 0.15) is 0 Å². The second kappa shape index (κ2) is 4.35. The van der Waals surface area contributed by atoms with Gasteiger partial charge in [-0.3, -0.25) is 4.79 Å². The molecule has 1 amide bonds. The first-order chi connectivity index (χ1) is 6.11. The minimum Gasteiger partial charge on any atom is -0.368 e. The van der Waals surface area contributed by atoms with E-state index in [9.17, 15) is 4.79 Å². The minimum atomic E-state index is -0.378. The van der Waals surface area contributed by atoms with Crippen molar-refractivity contribution in [3.63, 3.8) is 0 Å². The largest absolute Gasteiger partial charge is 0.368 e. The Morgan fingerprint density at radius 2 is 2.46 bits per heavy atom. The molecule has 0 saturated heterocycles. The molecular weight excluding hydrogens is 283 g/mol. The van der Waals surface area contributed by atoms with E-state index in [1.165, 1.54) is 6.33 Å². The third-order valence-corrected chi connectivity index (χ3v) is 2.16. The molecule has 2 N–H and O–H groups in total. The van der Waals surface area contributed by atoms with Gasteiger partial charge in [-0.2, -0.15) is 0 Å². The van der Waals surface area contributed by atoms with Gasteiger partial charge in [0.05, 0.1) is 10.1 Å². The number of carbonyl (C=O) groups excluding carboxylic acids is 1. The molecule has 0 atom stereocenters. The van der Waals surface area contributed by atoms with E-state index in [1.807, 2.05) is 0 Å². The van der Waals surface area contributed by atoms with Crippen LogP contribution in [0, 0.1) is 3.57 Å². The highest BCUT2D eigenvalue weighted by Crippen LogP contribution is 2.15. The molecule has 1 rings (SSSR count). The van der Waals surface area contributed by atoms with Gasteiger partial charge in [-0.1, -0.05) is 0 Å². The highest BCUT2D eigenvalue weighted by atomic mass is 127. The first kappa shape index (κ1) is 10.2. The summed E-state index contributed by atoms with van der Waals surface area (Å²) in [6.45, 7) is 0.160. The van der Waals surface area contributed by atoms with Crippen molar-refractivity contribution in [2.24, 2.45) is 5.73 Å².